The molecule has 0 unspecified atom stereocenters. The maximum Gasteiger partial charge on any atom is 0.283 e. The molecule has 0 aliphatic heterocycles. The van der Waals surface area contributed by atoms with Gasteiger partial charge < -0.3 is 15.0 Å². The number of aromatic nitrogens is 3. The molecule has 0 saturated carbocycles. The summed E-state index contributed by atoms with van der Waals surface area (Å²) in [5.41, 5.74) is 1.39. The Bertz CT molecular complexity index is 1060. The van der Waals surface area contributed by atoms with Crippen molar-refractivity contribution in [2.24, 2.45) is 0 Å². The molecule has 7 nitrogen and oxygen atoms in total. The summed E-state index contributed by atoms with van der Waals surface area (Å²) < 4.78 is 6.95. The number of benzene rings is 1. The average molecular weight is 396 g/mol. The van der Waals surface area contributed by atoms with Crippen molar-refractivity contribution in [3.05, 3.63) is 46.9 Å². The van der Waals surface area contributed by atoms with Gasteiger partial charge in [-0.3, -0.25) is 14.2 Å². The number of nitrogens with zero attached hydrogens (tertiary/aromatic N) is 2. The lowest BCUT2D eigenvalue weighted by molar-refractivity contribution is -0.118. The first-order chi connectivity index (χ1) is 13.6. The highest BCUT2D eigenvalue weighted by molar-refractivity contribution is 7.99. The number of terminal acetylenes is 1. The second kappa shape index (κ2) is 9.15. The van der Waals surface area contributed by atoms with E-state index in [1.807, 2.05) is 6.92 Å². The monoisotopic (exact) mass is 396 g/mol. The van der Waals surface area contributed by atoms with E-state index in [2.05, 4.69) is 21.2 Å². The minimum absolute atomic E-state index is 0.129. The Morgan fingerprint density at radius 1 is 1.36 bits per heavy atom. The molecule has 28 heavy (non-hydrogen) atoms. The third-order valence-electron chi connectivity index (χ3n) is 3.88. The predicted octanol–water partition coefficient (Wildman–Crippen LogP) is 2.34. The first-order valence-electron chi connectivity index (χ1n) is 8.80. The fourth-order valence-electron chi connectivity index (χ4n) is 2.62. The van der Waals surface area contributed by atoms with Gasteiger partial charge in [0.2, 0.25) is 5.91 Å². The number of amides is 1. The van der Waals surface area contributed by atoms with Crippen LogP contribution in [0.15, 0.2) is 46.5 Å². The standard InChI is InChI=1S/C20H20N4O3S/c1-3-5-11-21-17(25)13-28-20-23-16-10-12-22-18(16)19(26)24(20)14-6-8-15(9-7-14)27-4-2/h1,6-10,12,22H,4-5,11,13H2,2H3,(H,21,25). The molecule has 0 saturated heterocycles. The Balaban J connectivity index is 1.92. The predicted molar refractivity (Wildman–Crippen MR) is 110 cm³/mol. The van der Waals surface area contributed by atoms with Gasteiger partial charge in [0.15, 0.2) is 5.16 Å². The van der Waals surface area contributed by atoms with E-state index >= 15 is 0 Å². The molecule has 3 aromatic rings. The van der Waals surface area contributed by atoms with Gasteiger partial charge in [-0.1, -0.05) is 11.8 Å². The molecule has 2 N–H and O–H groups in total. The summed E-state index contributed by atoms with van der Waals surface area (Å²) in [4.78, 5) is 32.5. The van der Waals surface area contributed by atoms with E-state index in [0.29, 0.717) is 41.4 Å². The molecule has 2 aromatic heterocycles. The molecule has 1 aromatic carbocycles. The Labute approximate surface area is 166 Å². The number of thioether (sulfide) groups is 1. The topological polar surface area (TPSA) is 89.0 Å². The number of carbonyl (C=O) groups excluding carboxylic acids is 1. The smallest absolute Gasteiger partial charge is 0.283 e. The van der Waals surface area contributed by atoms with Crippen LogP contribution >= 0.6 is 11.8 Å². The van der Waals surface area contributed by atoms with Gasteiger partial charge in [0.1, 0.15) is 11.3 Å². The number of hydrogen-bond donors (Lipinski definition) is 2. The zero-order chi connectivity index (χ0) is 19.9. The number of aromatic amines is 1. The molecule has 0 spiro atoms. The lowest BCUT2D eigenvalue weighted by Crippen LogP contribution is -2.27. The average Bonchev–Trinajstić information content (AvgIpc) is 3.17. The molecule has 3 rings (SSSR count). The molecule has 0 aliphatic rings. The summed E-state index contributed by atoms with van der Waals surface area (Å²) in [7, 11) is 0. The van der Waals surface area contributed by atoms with Crippen LogP contribution in [0.5, 0.6) is 5.75 Å². The number of nitrogens with one attached hydrogen (secondary N) is 2. The van der Waals surface area contributed by atoms with Gasteiger partial charge in [-0.05, 0) is 37.3 Å². The van der Waals surface area contributed by atoms with Crippen molar-refractivity contribution >= 4 is 28.7 Å². The van der Waals surface area contributed by atoms with Crippen LogP contribution in [0.25, 0.3) is 16.7 Å². The normalized spacial score (nSPS) is 10.6. The Kier molecular flexibility index (Phi) is 6.40. The highest BCUT2D eigenvalue weighted by atomic mass is 32.2. The zero-order valence-corrected chi connectivity index (χ0v) is 16.2. The summed E-state index contributed by atoms with van der Waals surface area (Å²) in [6, 6.07) is 8.91. The molecule has 2 heterocycles. The number of hydrogen-bond acceptors (Lipinski definition) is 5. The quantitative estimate of drug-likeness (QED) is 0.264. The van der Waals surface area contributed by atoms with E-state index < -0.39 is 0 Å². The van der Waals surface area contributed by atoms with Crippen molar-refractivity contribution in [3.63, 3.8) is 0 Å². The molecular formula is C20H20N4O3S. The van der Waals surface area contributed by atoms with Crippen molar-refractivity contribution in [2.75, 3.05) is 18.9 Å². The largest absolute Gasteiger partial charge is 0.494 e. The highest BCUT2D eigenvalue weighted by Gasteiger charge is 2.15. The molecule has 8 heteroatoms. The van der Waals surface area contributed by atoms with E-state index in [1.54, 1.807) is 36.5 Å². The number of carbonyl (C=O) groups is 1. The van der Waals surface area contributed by atoms with E-state index in [-0.39, 0.29) is 17.2 Å². The fraction of sp³-hybridized carbons (Fsp3) is 0.250. The molecule has 0 atom stereocenters. The number of ether oxygens (including phenoxy) is 1. The second-order valence-electron chi connectivity index (χ2n) is 5.79. The molecule has 0 bridgehead atoms. The van der Waals surface area contributed by atoms with Crippen molar-refractivity contribution < 1.29 is 9.53 Å². The van der Waals surface area contributed by atoms with Crippen LogP contribution in [0.3, 0.4) is 0 Å². The van der Waals surface area contributed by atoms with Crippen LogP contribution < -0.4 is 15.6 Å². The third-order valence-corrected chi connectivity index (χ3v) is 4.82. The first-order valence-corrected chi connectivity index (χ1v) is 9.79. The molecule has 0 radical (unpaired) electrons. The fourth-order valence-corrected chi connectivity index (χ4v) is 3.46. The van der Waals surface area contributed by atoms with Crippen molar-refractivity contribution in [1.82, 2.24) is 19.9 Å². The van der Waals surface area contributed by atoms with Crippen molar-refractivity contribution in [3.8, 4) is 23.8 Å². The summed E-state index contributed by atoms with van der Waals surface area (Å²) >= 11 is 1.20. The highest BCUT2D eigenvalue weighted by Crippen LogP contribution is 2.22. The summed E-state index contributed by atoms with van der Waals surface area (Å²) in [6.07, 6.45) is 7.33. The minimum Gasteiger partial charge on any atom is -0.494 e. The lowest BCUT2D eigenvalue weighted by atomic mass is 10.3. The van der Waals surface area contributed by atoms with Crippen LogP contribution in [0.4, 0.5) is 0 Å². The van der Waals surface area contributed by atoms with Crippen LogP contribution in [0.1, 0.15) is 13.3 Å². The molecule has 0 aliphatic carbocycles. The van der Waals surface area contributed by atoms with Crippen LogP contribution in [-0.2, 0) is 4.79 Å². The van der Waals surface area contributed by atoms with E-state index in [1.165, 1.54) is 16.3 Å². The Morgan fingerprint density at radius 3 is 2.86 bits per heavy atom. The van der Waals surface area contributed by atoms with E-state index in [4.69, 9.17) is 11.2 Å². The van der Waals surface area contributed by atoms with Gasteiger partial charge in [0.05, 0.1) is 23.6 Å². The Hall–Kier alpha value is -3.18. The van der Waals surface area contributed by atoms with E-state index in [9.17, 15) is 9.59 Å². The zero-order valence-electron chi connectivity index (χ0n) is 15.4. The van der Waals surface area contributed by atoms with Crippen LogP contribution in [-0.4, -0.2) is 39.3 Å². The van der Waals surface area contributed by atoms with Crippen LogP contribution in [0, 0.1) is 12.3 Å². The number of rotatable bonds is 8. The maximum absolute atomic E-state index is 13.0. The number of H-pyrrole nitrogens is 1. The maximum atomic E-state index is 13.0. The number of fused-ring (bicyclic) bond motifs is 1. The SMILES string of the molecule is C#CCCNC(=O)CSc1nc2cc[nH]c2c(=O)n1-c1ccc(OCC)cc1. The summed E-state index contributed by atoms with van der Waals surface area (Å²) in [6.45, 7) is 2.89. The Morgan fingerprint density at radius 2 is 2.14 bits per heavy atom. The lowest BCUT2D eigenvalue weighted by Gasteiger charge is -2.13. The minimum atomic E-state index is -0.227. The van der Waals surface area contributed by atoms with Crippen molar-refractivity contribution in [2.45, 2.75) is 18.5 Å². The third kappa shape index (κ3) is 4.38. The van der Waals surface area contributed by atoms with Gasteiger partial charge in [0, 0.05) is 19.2 Å². The van der Waals surface area contributed by atoms with Gasteiger partial charge in [-0.25, -0.2) is 4.98 Å². The first kappa shape index (κ1) is 19.6. The van der Waals surface area contributed by atoms with Crippen LogP contribution in [0.2, 0.25) is 0 Å². The van der Waals surface area contributed by atoms with Gasteiger partial charge >= 0.3 is 0 Å². The van der Waals surface area contributed by atoms with Gasteiger partial charge in [-0.15, -0.1) is 12.3 Å². The summed E-state index contributed by atoms with van der Waals surface area (Å²) in [5, 5.41) is 3.18. The second-order valence-corrected chi connectivity index (χ2v) is 6.74. The molecule has 0 fully saturated rings. The summed E-state index contributed by atoms with van der Waals surface area (Å²) in [5.74, 6) is 3.15. The molecular weight excluding hydrogens is 376 g/mol. The van der Waals surface area contributed by atoms with Crippen molar-refractivity contribution in [1.29, 1.82) is 0 Å². The van der Waals surface area contributed by atoms with Gasteiger partial charge in [0.25, 0.3) is 5.56 Å². The van der Waals surface area contributed by atoms with E-state index in [0.717, 1.165) is 5.75 Å². The molecule has 1 amide bonds. The molecule has 144 valence electrons. The van der Waals surface area contributed by atoms with Gasteiger partial charge in [-0.2, -0.15) is 0 Å².